The molecule has 0 bridgehead atoms. The molecule has 1 saturated carbocycles. The standard InChI is InChI=1S/C19H21N3O4/c23-15-6-13(7-15)18(12-1-2-16-11(5-12)3-4-26-16)22-17(24)8-14-9-20-10-21-19(14)25/h1-2,5,9-10,13,15,18,23H,3-4,6-8H2,(H,22,24)(H,20,21,25). The van der Waals surface area contributed by atoms with E-state index < -0.39 is 0 Å². The van der Waals surface area contributed by atoms with E-state index >= 15 is 0 Å². The zero-order valence-electron chi connectivity index (χ0n) is 14.3. The lowest BCUT2D eigenvalue weighted by Crippen LogP contribution is -2.42. The van der Waals surface area contributed by atoms with E-state index in [1.807, 2.05) is 12.1 Å². The Bertz CT molecular complexity index is 873. The lowest BCUT2D eigenvalue weighted by Gasteiger charge is -2.38. The Morgan fingerprint density at radius 1 is 1.42 bits per heavy atom. The van der Waals surface area contributed by atoms with Crippen LogP contribution in [0.5, 0.6) is 5.75 Å². The van der Waals surface area contributed by atoms with Crippen LogP contribution >= 0.6 is 0 Å². The first-order chi connectivity index (χ1) is 12.6. The monoisotopic (exact) mass is 355 g/mol. The molecule has 2 heterocycles. The van der Waals surface area contributed by atoms with E-state index in [4.69, 9.17) is 4.74 Å². The van der Waals surface area contributed by atoms with E-state index in [1.165, 1.54) is 12.5 Å². The molecule has 0 spiro atoms. The number of fused-ring (bicyclic) bond motifs is 1. The fourth-order valence-electron chi connectivity index (χ4n) is 3.67. The predicted octanol–water partition coefficient (Wildman–Crippen LogP) is 0.876. The number of aliphatic hydroxyl groups excluding tert-OH is 1. The molecule has 26 heavy (non-hydrogen) atoms. The second kappa shape index (κ2) is 6.92. The van der Waals surface area contributed by atoms with E-state index in [0.29, 0.717) is 25.0 Å². The maximum absolute atomic E-state index is 12.5. The summed E-state index contributed by atoms with van der Waals surface area (Å²) >= 11 is 0. The van der Waals surface area contributed by atoms with Crippen LogP contribution in [0.2, 0.25) is 0 Å². The van der Waals surface area contributed by atoms with Crippen molar-refractivity contribution < 1.29 is 14.6 Å². The van der Waals surface area contributed by atoms with Gasteiger partial charge in [-0.2, -0.15) is 0 Å². The highest BCUT2D eigenvalue weighted by Crippen LogP contribution is 2.39. The number of amides is 1. The van der Waals surface area contributed by atoms with Crippen LogP contribution in [0.3, 0.4) is 0 Å². The third-order valence-electron chi connectivity index (χ3n) is 5.15. The lowest BCUT2D eigenvalue weighted by atomic mass is 9.74. The predicted molar refractivity (Wildman–Crippen MR) is 93.8 cm³/mol. The number of nitrogens with one attached hydrogen (secondary N) is 2. The summed E-state index contributed by atoms with van der Waals surface area (Å²) in [5.74, 6) is 0.850. The zero-order valence-corrected chi connectivity index (χ0v) is 14.3. The molecule has 1 aromatic heterocycles. The number of H-pyrrole nitrogens is 1. The van der Waals surface area contributed by atoms with E-state index in [2.05, 4.69) is 21.4 Å². The van der Waals surface area contributed by atoms with E-state index in [1.54, 1.807) is 0 Å². The van der Waals surface area contributed by atoms with Gasteiger partial charge in [-0.05, 0) is 42.0 Å². The number of ether oxygens (including phenoxy) is 1. The summed E-state index contributed by atoms with van der Waals surface area (Å²) in [6.45, 7) is 0.682. The highest BCUT2D eigenvalue weighted by atomic mass is 16.5. The molecule has 1 atom stereocenters. The molecule has 4 rings (SSSR count). The van der Waals surface area contributed by atoms with Gasteiger partial charge in [0, 0.05) is 18.2 Å². The number of aromatic nitrogens is 2. The number of aliphatic hydroxyl groups is 1. The summed E-state index contributed by atoms with van der Waals surface area (Å²) in [5.41, 5.74) is 2.19. The third kappa shape index (κ3) is 3.35. The Kier molecular flexibility index (Phi) is 4.46. The van der Waals surface area contributed by atoms with Crippen LogP contribution in [0.15, 0.2) is 35.5 Å². The van der Waals surface area contributed by atoms with Gasteiger partial charge in [0.05, 0.1) is 31.5 Å². The SMILES string of the molecule is O=C(Cc1cnc[nH]c1=O)NC(c1ccc2c(c1)CCO2)C1CC(O)C1. The first kappa shape index (κ1) is 16.8. The van der Waals surface area contributed by atoms with Crippen LogP contribution in [0.1, 0.15) is 35.6 Å². The largest absolute Gasteiger partial charge is 0.493 e. The molecule has 7 heteroatoms. The van der Waals surface area contributed by atoms with Gasteiger partial charge >= 0.3 is 0 Å². The molecule has 136 valence electrons. The van der Waals surface area contributed by atoms with Crippen LogP contribution in [-0.2, 0) is 17.6 Å². The Morgan fingerprint density at radius 2 is 2.27 bits per heavy atom. The number of nitrogens with zero attached hydrogens (tertiary/aromatic N) is 1. The van der Waals surface area contributed by atoms with Gasteiger partial charge in [0.1, 0.15) is 5.75 Å². The lowest BCUT2D eigenvalue weighted by molar-refractivity contribution is -0.122. The molecule has 2 aliphatic rings. The normalized spacial score (nSPS) is 22.0. The van der Waals surface area contributed by atoms with E-state index in [-0.39, 0.29) is 36.0 Å². The van der Waals surface area contributed by atoms with Gasteiger partial charge in [0.25, 0.3) is 5.56 Å². The molecule has 1 aliphatic heterocycles. The second-order valence-electron chi connectivity index (χ2n) is 6.98. The number of benzene rings is 1. The minimum atomic E-state index is -0.307. The summed E-state index contributed by atoms with van der Waals surface area (Å²) in [6.07, 6.45) is 4.56. The number of rotatable bonds is 5. The van der Waals surface area contributed by atoms with Crippen LogP contribution in [0.25, 0.3) is 0 Å². The zero-order chi connectivity index (χ0) is 18.1. The van der Waals surface area contributed by atoms with E-state index in [0.717, 1.165) is 23.3 Å². The fourth-order valence-corrected chi connectivity index (χ4v) is 3.67. The molecule has 1 amide bonds. The average Bonchev–Trinajstić information content (AvgIpc) is 3.07. The van der Waals surface area contributed by atoms with Crippen LogP contribution in [0.4, 0.5) is 0 Å². The van der Waals surface area contributed by atoms with Crippen molar-refractivity contribution in [2.24, 2.45) is 5.92 Å². The fraction of sp³-hybridized carbons (Fsp3) is 0.421. The summed E-state index contributed by atoms with van der Waals surface area (Å²) in [7, 11) is 0. The molecular formula is C19H21N3O4. The molecule has 0 radical (unpaired) electrons. The van der Waals surface area contributed by atoms with Gasteiger partial charge in [-0.3, -0.25) is 9.59 Å². The van der Waals surface area contributed by atoms with Gasteiger partial charge in [-0.15, -0.1) is 0 Å². The molecule has 3 N–H and O–H groups in total. The van der Waals surface area contributed by atoms with Crippen molar-refractivity contribution in [2.75, 3.05) is 6.61 Å². The number of hydrogen-bond donors (Lipinski definition) is 3. The van der Waals surface area contributed by atoms with Crippen molar-refractivity contribution >= 4 is 5.91 Å². The molecule has 1 aliphatic carbocycles. The van der Waals surface area contributed by atoms with Gasteiger partial charge in [-0.1, -0.05) is 6.07 Å². The third-order valence-corrected chi connectivity index (χ3v) is 5.15. The first-order valence-corrected chi connectivity index (χ1v) is 8.85. The summed E-state index contributed by atoms with van der Waals surface area (Å²) in [5, 5.41) is 12.7. The second-order valence-corrected chi connectivity index (χ2v) is 6.98. The molecule has 7 nitrogen and oxygen atoms in total. The van der Waals surface area contributed by atoms with Crippen molar-refractivity contribution in [2.45, 2.75) is 37.8 Å². The molecule has 1 fully saturated rings. The molecule has 0 saturated heterocycles. The molecule has 1 aromatic carbocycles. The Balaban J connectivity index is 1.53. The summed E-state index contributed by atoms with van der Waals surface area (Å²) in [4.78, 5) is 30.6. The molecule has 1 unspecified atom stereocenters. The quantitative estimate of drug-likeness (QED) is 0.738. The Hall–Kier alpha value is -2.67. The highest BCUT2D eigenvalue weighted by Gasteiger charge is 2.36. The molecule has 2 aromatic rings. The van der Waals surface area contributed by atoms with Crippen molar-refractivity contribution in [3.8, 4) is 5.75 Å². The highest BCUT2D eigenvalue weighted by molar-refractivity contribution is 5.79. The minimum Gasteiger partial charge on any atom is -0.493 e. The minimum absolute atomic E-state index is 0.0248. The number of carbonyl (C=O) groups excluding carboxylic acids is 1. The topological polar surface area (TPSA) is 104 Å². The van der Waals surface area contributed by atoms with E-state index in [9.17, 15) is 14.7 Å². The maximum atomic E-state index is 12.5. The van der Waals surface area contributed by atoms with Gasteiger partial charge in [0.2, 0.25) is 5.91 Å². The van der Waals surface area contributed by atoms with Crippen molar-refractivity contribution in [3.63, 3.8) is 0 Å². The maximum Gasteiger partial charge on any atom is 0.254 e. The van der Waals surface area contributed by atoms with Crippen molar-refractivity contribution in [1.29, 1.82) is 0 Å². The smallest absolute Gasteiger partial charge is 0.254 e. The van der Waals surface area contributed by atoms with Gasteiger partial charge in [0.15, 0.2) is 0 Å². The Labute approximate surface area is 150 Å². The number of aromatic amines is 1. The van der Waals surface area contributed by atoms with Crippen LogP contribution in [-0.4, -0.2) is 33.7 Å². The van der Waals surface area contributed by atoms with Crippen molar-refractivity contribution in [1.82, 2.24) is 15.3 Å². The average molecular weight is 355 g/mol. The summed E-state index contributed by atoms with van der Waals surface area (Å²) < 4.78 is 5.55. The Morgan fingerprint density at radius 3 is 3.04 bits per heavy atom. The number of carbonyl (C=O) groups is 1. The molecular weight excluding hydrogens is 334 g/mol. The first-order valence-electron chi connectivity index (χ1n) is 8.85. The van der Waals surface area contributed by atoms with Crippen LogP contribution < -0.4 is 15.6 Å². The number of hydrogen-bond acceptors (Lipinski definition) is 5. The van der Waals surface area contributed by atoms with Gasteiger partial charge in [-0.25, -0.2) is 4.98 Å². The van der Waals surface area contributed by atoms with Gasteiger partial charge < -0.3 is 20.1 Å². The van der Waals surface area contributed by atoms with Crippen molar-refractivity contribution in [3.05, 3.63) is 57.8 Å². The summed E-state index contributed by atoms with van der Waals surface area (Å²) in [6, 6.07) is 5.80. The van der Waals surface area contributed by atoms with Crippen LogP contribution in [0, 0.1) is 5.92 Å².